The molecule has 2 atom stereocenters. The average Bonchev–Trinajstić information content (AvgIpc) is 2.35. The van der Waals surface area contributed by atoms with E-state index in [1.807, 2.05) is 0 Å². The monoisotopic (exact) mass is 287 g/mol. The van der Waals surface area contributed by atoms with Gasteiger partial charge in [0, 0.05) is 5.56 Å². The highest BCUT2D eigenvalue weighted by Crippen LogP contribution is 2.23. The first-order chi connectivity index (χ1) is 8.58. The second kappa shape index (κ2) is 5.91. The van der Waals surface area contributed by atoms with Gasteiger partial charge in [-0.3, -0.25) is 4.79 Å². The Kier molecular flexibility index (Phi) is 4.49. The first-order valence-corrected chi connectivity index (χ1v) is 6.77. The van der Waals surface area contributed by atoms with Crippen LogP contribution < -0.4 is 5.32 Å². The minimum absolute atomic E-state index is 0.166. The summed E-state index contributed by atoms with van der Waals surface area (Å²) in [5.74, 6) is -0.223. The molecule has 1 saturated carbocycles. The van der Waals surface area contributed by atoms with Gasteiger partial charge in [-0.15, -0.1) is 0 Å². The van der Waals surface area contributed by atoms with Crippen LogP contribution in [0.3, 0.4) is 0 Å². The smallest absolute Gasteiger partial charge is 0.251 e. The van der Waals surface area contributed by atoms with E-state index in [4.69, 9.17) is 23.2 Å². The number of amides is 1. The van der Waals surface area contributed by atoms with Crippen molar-refractivity contribution in [2.45, 2.75) is 37.8 Å². The Morgan fingerprint density at radius 2 is 1.94 bits per heavy atom. The van der Waals surface area contributed by atoms with Gasteiger partial charge in [0.25, 0.3) is 5.91 Å². The van der Waals surface area contributed by atoms with E-state index >= 15 is 0 Å². The zero-order chi connectivity index (χ0) is 13.1. The van der Waals surface area contributed by atoms with E-state index in [1.165, 1.54) is 6.07 Å². The minimum atomic E-state index is -0.453. The molecule has 1 aliphatic carbocycles. The van der Waals surface area contributed by atoms with Gasteiger partial charge in [0.1, 0.15) is 0 Å². The molecule has 0 aliphatic heterocycles. The fourth-order valence-corrected chi connectivity index (χ4v) is 2.47. The molecule has 3 nitrogen and oxygen atoms in total. The highest BCUT2D eigenvalue weighted by molar-refractivity contribution is 6.42. The van der Waals surface area contributed by atoms with E-state index in [2.05, 4.69) is 5.32 Å². The van der Waals surface area contributed by atoms with Gasteiger partial charge in [0.2, 0.25) is 0 Å². The first-order valence-electron chi connectivity index (χ1n) is 6.02. The number of hydrogen-bond acceptors (Lipinski definition) is 2. The van der Waals surface area contributed by atoms with Crippen molar-refractivity contribution < 1.29 is 9.90 Å². The van der Waals surface area contributed by atoms with Crippen LogP contribution in [-0.4, -0.2) is 23.2 Å². The van der Waals surface area contributed by atoms with E-state index in [9.17, 15) is 9.90 Å². The van der Waals surface area contributed by atoms with Crippen LogP contribution >= 0.6 is 23.2 Å². The number of nitrogens with one attached hydrogen (secondary N) is 1. The molecule has 1 aromatic carbocycles. The van der Waals surface area contributed by atoms with Crippen LogP contribution in [-0.2, 0) is 0 Å². The summed E-state index contributed by atoms with van der Waals surface area (Å²) in [6, 6.07) is 4.59. The van der Waals surface area contributed by atoms with Crippen molar-refractivity contribution in [3.8, 4) is 0 Å². The predicted molar refractivity (Wildman–Crippen MR) is 72.2 cm³/mol. The summed E-state index contributed by atoms with van der Waals surface area (Å²) in [5.41, 5.74) is 0.460. The molecule has 0 aromatic heterocycles. The quantitative estimate of drug-likeness (QED) is 0.878. The van der Waals surface area contributed by atoms with Crippen molar-refractivity contribution in [1.82, 2.24) is 5.32 Å². The van der Waals surface area contributed by atoms with Crippen LogP contribution in [0.25, 0.3) is 0 Å². The van der Waals surface area contributed by atoms with Gasteiger partial charge in [-0.2, -0.15) is 0 Å². The summed E-state index contributed by atoms with van der Waals surface area (Å²) in [4.78, 5) is 12.0. The fraction of sp³-hybridized carbons (Fsp3) is 0.462. The van der Waals surface area contributed by atoms with Crippen LogP contribution in [0.5, 0.6) is 0 Å². The van der Waals surface area contributed by atoms with Crippen LogP contribution in [0.2, 0.25) is 10.0 Å². The second-order valence-corrected chi connectivity index (χ2v) is 5.38. The molecule has 2 rings (SSSR count). The molecule has 0 spiro atoms. The number of carbonyl (C=O) groups is 1. The molecular weight excluding hydrogens is 273 g/mol. The lowest BCUT2D eigenvalue weighted by Crippen LogP contribution is -2.45. The highest BCUT2D eigenvalue weighted by Gasteiger charge is 2.24. The van der Waals surface area contributed by atoms with E-state index in [1.54, 1.807) is 12.1 Å². The fourth-order valence-electron chi connectivity index (χ4n) is 2.17. The van der Waals surface area contributed by atoms with E-state index in [-0.39, 0.29) is 11.9 Å². The third kappa shape index (κ3) is 3.16. The Bertz CT molecular complexity index is 451. The van der Waals surface area contributed by atoms with Crippen molar-refractivity contribution >= 4 is 29.1 Å². The Morgan fingerprint density at radius 1 is 1.22 bits per heavy atom. The molecule has 98 valence electrons. The zero-order valence-corrected chi connectivity index (χ0v) is 11.3. The van der Waals surface area contributed by atoms with Crippen molar-refractivity contribution in [3.63, 3.8) is 0 Å². The van der Waals surface area contributed by atoms with Gasteiger partial charge in [-0.25, -0.2) is 0 Å². The van der Waals surface area contributed by atoms with Crippen LogP contribution in [0.4, 0.5) is 0 Å². The molecule has 1 amide bonds. The molecule has 0 heterocycles. The normalized spacial score (nSPS) is 23.7. The number of aliphatic hydroxyl groups excluding tert-OH is 1. The summed E-state index contributed by atoms with van der Waals surface area (Å²) in [7, 11) is 0. The number of benzene rings is 1. The summed E-state index contributed by atoms with van der Waals surface area (Å²) in [5, 5.41) is 13.4. The Morgan fingerprint density at radius 3 is 2.61 bits per heavy atom. The summed E-state index contributed by atoms with van der Waals surface area (Å²) in [6.45, 7) is 0. The lowest BCUT2D eigenvalue weighted by Gasteiger charge is -2.28. The van der Waals surface area contributed by atoms with Gasteiger partial charge in [-0.05, 0) is 31.0 Å². The maximum atomic E-state index is 12.0. The maximum Gasteiger partial charge on any atom is 0.251 e. The number of rotatable bonds is 2. The lowest BCUT2D eigenvalue weighted by molar-refractivity contribution is 0.0717. The van der Waals surface area contributed by atoms with Crippen molar-refractivity contribution in [1.29, 1.82) is 0 Å². The summed E-state index contributed by atoms with van der Waals surface area (Å²) >= 11 is 11.7. The van der Waals surface area contributed by atoms with E-state index < -0.39 is 6.10 Å². The van der Waals surface area contributed by atoms with E-state index in [0.29, 0.717) is 15.6 Å². The van der Waals surface area contributed by atoms with Gasteiger partial charge in [0.05, 0.1) is 22.2 Å². The molecule has 0 saturated heterocycles. The van der Waals surface area contributed by atoms with Gasteiger partial charge in [-0.1, -0.05) is 36.0 Å². The molecule has 0 bridgehead atoms. The standard InChI is InChI=1S/C13H15Cl2NO2/c14-9-6-5-8(7-10(9)15)13(18)16-11-3-1-2-4-12(11)17/h5-7,11-12,17H,1-4H2,(H,16,18). The number of halogens is 2. The summed E-state index contributed by atoms with van der Waals surface area (Å²) in [6.07, 6.45) is 3.15. The van der Waals surface area contributed by atoms with Crippen molar-refractivity contribution in [2.24, 2.45) is 0 Å². The Labute approximate surface area is 116 Å². The van der Waals surface area contributed by atoms with Gasteiger partial charge < -0.3 is 10.4 Å². The van der Waals surface area contributed by atoms with Crippen LogP contribution in [0.15, 0.2) is 18.2 Å². The SMILES string of the molecule is O=C(NC1CCCCC1O)c1ccc(Cl)c(Cl)c1. The van der Waals surface area contributed by atoms with Crippen LogP contribution in [0.1, 0.15) is 36.0 Å². The first kappa shape index (κ1) is 13.7. The van der Waals surface area contributed by atoms with E-state index in [0.717, 1.165) is 25.7 Å². The molecule has 18 heavy (non-hydrogen) atoms. The minimum Gasteiger partial charge on any atom is -0.391 e. The molecule has 1 aliphatic rings. The number of carbonyl (C=O) groups excluding carboxylic acids is 1. The molecule has 0 radical (unpaired) electrons. The third-order valence-corrected chi connectivity index (χ3v) is 3.97. The zero-order valence-electron chi connectivity index (χ0n) is 9.83. The topological polar surface area (TPSA) is 49.3 Å². The van der Waals surface area contributed by atoms with Crippen molar-refractivity contribution in [3.05, 3.63) is 33.8 Å². The van der Waals surface area contributed by atoms with Gasteiger partial charge in [0.15, 0.2) is 0 Å². The second-order valence-electron chi connectivity index (χ2n) is 4.56. The number of hydrogen-bond donors (Lipinski definition) is 2. The van der Waals surface area contributed by atoms with Crippen LogP contribution in [0, 0.1) is 0 Å². The van der Waals surface area contributed by atoms with Gasteiger partial charge >= 0.3 is 0 Å². The summed E-state index contributed by atoms with van der Waals surface area (Å²) < 4.78 is 0. The largest absolute Gasteiger partial charge is 0.391 e. The molecule has 2 unspecified atom stereocenters. The Balaban J connectivity index is 2.04. The highest BCUT2D eigenvalue weighted by atomic mass is 35.5. The maximum absolute atomic E-state index is 12.0. The predicted octanol–water partition coefficient (Wildman–Crippen LogP) is 3.03. The third-order valence-electron chi connectivity index (χ3n) is 3.23. The molecule has 1 fully saturated rings. The molecule has 5 heteroatoms. The van der Waals surface area contributed by atoms with Crippen molar-refractivity contribution in [2.75, 3.05) is 0 Å². The molecule has 1 aromatic rings. The lowest BCUT2D eigenvalue weighted by atomic mass is 9.92. The molecular formula is C13H15Cl2NO2. The Hall–Kier alpha value is -0.770. The number of aliphatic hydroxyl groups is 1. The molecule has 2 N–H and O–H groups in total. The average molecular weight is 288 g/mol.